The van der Waals surface area contributed by atoms with Gasteiger partial charge in [-0.15, -0.1) is 0 Å². The number of rotatable bonds is 3. The van der Waals surface area contributed by atoms with E-state index in [1.54, 1.807) is 26.1 Å². The van der Waals surface area contributed by atoms with Crippen molar-refractivity contribution in [2.24, 2.45) is 5.92 Å². The number of carbonyl (C=O) groups excluding carboxylic acids is 1. The number of hydrogen-bond donors (Lipinski definition) is 1. The molecule has 0 fully saturated rings. The molecule has 0 aromatic heterocycles. The third-order valence-corrected chi connectivity index (χ3v) is 2.55. The fourth-order valence-electron chi connectivity index (χ4n) is 1.62. The zero-order chi connectivity index (χ0) is 13.0. The highest BCUT2D eigenvalue weighted by atomic mass is 16.2. The van der Waals surface area contributed by atoms with Crippen LogP contribution < -0.4 is 5.73 Å². The van der Waals surface area contributed by atoms with Gasteiger partial charge >= 0.3 is 0 Å². The van der Waals surface area contributed by atoms with Crippen LogP contribution in [0, 0.1) is 24.2 Å². The molecule has 90 valence electrons. The Labute approximate surface area is 102 Å². The van der Waals surface area contributed by atoms with Gasteiger partial charge in [-0.1, -0.05) is 6.07 Å². The minimum Gasteiger partial charge on any atom is -0.398 e. The van der Waals surface area contributed by atoms with E-state index >= 15 is 0 Å². The number of anilines is 1. The molecule has 0 aliphatic heterocycles. The summed E-state index contributed by atoms with van der Waals surface area (Å²) < 4.78 is 0. The summed E-state index contributed by atoms with van der Waals surface area (Å²) in [6, 6.07) is 7.45. The first-order valence-corrected chi connectivity index (χ1v) is 5.47. The van der Waals surface area contributed by atoms with Crippen LogP contribution in [0.1, 0.15) is 22.8 Å². The van der Waals surface area contributed by atoms with Gasteiger partial charge in [0, 0.05) is 19.3 Å². The maximum Gasteiger partial charge on any atom is 0.255 e. The predicted octanol–water partition coefficient (Wildman–Crippen LogP) is 1.81. The van der Waals surface area contributed by atoms with Gasteiger partial charge in [-0.3, -0.25) is 4.79 Å². The average molecular weight is 231 g/mol. The van der Waals surface area contributed by atoms with Crippen LogP contribution in [0.4, 0.5) is 5.69 Å². The lowest BCUT2D eigenvalue weighted by molar-refractivity contribution is 0.0786. The molecule has 1 atom stereocenters. The molecular weight excluding hydrogens is 214 g/mol. The van der Waals surface area contributed by atoms with Crippen molar-refractivity contribution in [2.45, 2.75) is 13.8 Å². The van der Waals surface area contributed by atoms with Gasteiger partial charge in [0.2, 0.25) is 0 Å². The number of carbonyl (C=O) groups is 1. The second kappa shape index (κ2) is 5.35. The average Bonchev–Trinajstić information content (AvgIpc) is 2.28. The van der Waals surface area contributed by atoms with E-state index in [0.29, 0.717) is 17.8 Å². The highest BCUT2D eigenvalue weighted by Crippen LogP contribution is 2.16. The molecule has 1 aromatic carbocycles. The van der Waals surface area contributed by atoms with Crippen molar-refractivity contribution in [3.63, 3.8) is 0 Å². The lowest BCUT2D eigenvalue weighted by atomic mass is 10.1. The Kier molecular flexibility index (Phi) is 4.11. The van der Waals surface area contributed by atoms with Crippen molar-refractivity contribution in [3.05, 3.63) is 29.3 Å². The number of hydrogen-bond acceptors (Lipinski definition) is 3. The Balaban J connectivity index is 2.86. The van der Waals surface area contributed by atoms with Crippen LogP contribution in [0.25, 0.3) is 0 Å². The molecule has 0 saturated carbocycles. The number of nitrogen functional groups attached to an aromatic ring is 1. The van der Waals surface area contributed by atoms with E-state index in [-0.39, 0.29) is 11.8 Å². The van der Waals surface area contributed by atoms with Crippen LogP contribution >= 0.6 is 0 Å². The van der Waals surface area contributed by atoms with E-state index in [1.165, 1.54) is 4.90 Å². The lowest BCUT2D eigenvalue weighted by Gasteiger charge is -2.19. The standard InChI is InChI=1S/C13H17N3O/c1-9-4-5-11(12(15)6-9)13(17)16(3)8-10(2)7-14/h4-6,10H,8,15H2,1-3H3. The van der Waals surface area contributed by atoms with Crippen LogP contribution in [-0.2, 0) is 0 Å². The number of benzene rings is 1. The number of aryl methyl sites for hydroxylation is 1. The minimum atomic E-state index is -0.185. The highest BCUT2D eigenvalue weighted by molar-refractivity contribution is 5.99. The fourth-order valence-corrected chi connectivity index (χ4v) is 1.62. The number of nitrogens with two attached hydrogens (primary N) is 1. The lowest BCUT2D eigenvalue weighted by Crippen LogP contribution is -2.31. The summed E-state index contributed by atoms with van der Waals surface area (Å²) in [5.74, 6) is -0.333. The molecule has 1 rings (SSSR count). The Hall–Kier alpha value is -2.02. The van der Waals surface area contributed by atoms with Gasteiger partial charge in [0.25, 0.3) is 5.91 Å². The first-order valence-electron chi connectivity index (χ1n) is 5.47. The van der Waals surface area contributed by atoms with Crippen molar-refractivity contribution in [3.8, 4) is 6.07 Å². The maximum absolute atomic E-state index is 12.1. The summed E-state index contributed by atoms with van der Waals surface area (Å²) in [7, 11) is 1.68. The molecule has 0 spiro atoms. The summed E-state index contributed by atoms with van der Waals surface area (Å²) >= 11 is 0. The van der Waals surface area contributed by atoms with E-state index in [9.17, 15) is 4.79 Å². The van der Waals surface area contributed by atoms with Crippen LogP contribution in [-0.4, -0.2) is 24.4 Å². The Bertz CT molecular complexity index is 462. The quantitative estimate of drug-likeness (QED) is 0.806. The minimum absolute atomic E-state index is 0.149. The number of nitriles is 1. The molecule has 1 unspecified atom stereocenters. The van der Waals surface area contributed by atoms with E-state index in [2.05, 4.69) is 6.07 Å². The monoisotopic (exact) mass is 231 g/mol. The molecule has 0 radical (unpaired) electrons. The number of nitrogens with zero attached hydrogens (tertiary/aromatic N) is 2. The zero-order valence-electron chi connectivity index (χ0n) is 10.4. The third kappa shape index (κ3) is 3.22. The molecule has 0 heterocycles. The van der Waals surface area contributed by atoms with E-state index in [4.69, 9.17) is 11.0 Å². The molecule has 0 saturated heterocycles. The SMILES string of the molecule is Cc1ccc(C(=O)N(C)CC(C)C#N)c(N)c1. The summed E-state index contributed by atoms with van der Waals surface area (Å²) in [5.41, 5.74) is 7.80. The Morgan fingerprint density at radius 3 is 2.76 bits per heavy atom. The van der Waals surface area contributed by atoms with Gasteiger partial charge in [-0.05, 0) is 31.5 Å². The van der Waals surface area contributed by atoms with Gasteiger partial charge < -0.3 is 10.6 Å². The zero-order valence-corrected chi connectivity index (χ0v) is 10.4. The van der Waals surface area contributed by atoms with E-state index in [0.717, 1.165) is 5.56 Å². The van der Waals surface area contributed by atoms with Gasteiger partial charge in [-0.2, -0.15) is 5.26 Å². The predicted molar refractivity (Wildman–Crippen MR) is 67.3 cm³/mol. The van der Waals surface area contributed by atoms with Crippen LogP contribution in [0.5, 0.6) is 0 Å². The van der Waals surface area contributed by atoms with Crippen molar-refractivity contribution in [2.75, 3.05) is 19.3 Å². The Morgan fingerprint density at radius 2 is 2.24 bits per heavy atom. The summed E-state index contributed by atoms with van der Waals surface area (Å²) in [6.45, 7) is 4.11. The summed E-state index contributed by atoms with van der Waals surface area (Å²) in [5, 5.41) is 8.71. The van der Waals surface area contributed by atoms with Crippen molar-refractivity contribution < 1.29 is 4.79 Å². The normalized spacial score (nSPS) is 11.6. The van der Waals surface area contributed by atoms with Crippen molar-refractivity contribution in [1.29, 1.82) is 5.26 Å². The Morgan fingerprint density at radius 1 is 1.59 bits per heavy atom. The van der Waals surface area contributed by atoms with Crippen LogP contribution in [0.2, 0.25) is 0 Å². The molecule has 0 aliphatic carbocycles. The largest absolute Gasteiger partial charge is 0.398 e. The first-order chi connectivity index (χ1) is 7.95. The molecular formula is C13H17N3O. The van der Waals surface area contributed by atoms with Crippen molar-refractivity contribution in [1.82, 2.24) is 4.90 Å². The van der Waals surface area contributed by atoms with Crippen molar-refractivity contribution >= 4 is 11.6 Å². The molecule has 17 heavy (non-hydrogen) atoms. The van der Waals surface area contributed by atoms with Gasteiger partial charge in [-0.25, -0.2) is 0 Å². The first kappa shape index (κ1) is 13.0. The van der Waals surface area contributed by atoms with Crippen LogP contribution in [0.15, 0.2) is 18.2 Å². The molecule has 4 nitrogen and oxygen atoms in total. The van der Waals surface area contributed by atoms with E-state index in [1.807, 2.05) is 13.0 Å². The third-order valence-electron chi connectivity index (χ3n) is 2.55. The maximum atomic E-state index is 12.1. The molecule has 4 heteroatoms. The summed E-state index contributed by atoms with van der Waals surface area (Å²) in [4.78, 5) is 13.6. The smallest absolute Gasteiger partial charge is 0.255 e. The van der Waals surface area contributed by atoms with Gasteiger partial charge in [0.1, 0.15) is 0 Å². The molecule has 1 amide bonds. The topological polar surface area (TPSA) is 70.1 Å². The highest BCUT2D eigenvalue weighted by Gasteiger charge is 2.16. The van der Waals surface area contributed by atoms with E-state index < -0.39 is 0 Å². The van der Waals surface area contributed by atoms with Gasteiger partial charge in [0.15, 0.2) is 0 Å². The molecule has 0 aliphatic rings. The molecule has 2 N–H and O–H groups in total. The summed E-state index contributed by atoms with van der Waals surface area (Å²) in [6.07, 6.45) is 0. The second-order valence-electron chi connectivity index (χ2n) is 4.31. The number of amides is 1. The van der Waals surface area contributed by atoms with Crippen LogP contribution in [0.3, 0.4) is 0 Å². The van der Waals surface area contributed by atoms with Gasteiger partial charge in [0.05, 0.1) is 17.6 Å². The second-order valence-corrected chi connectivity index (χ2v) is 4.31. The molecule has 1 aromatic rings. The molecule has 0 bridgehead atoms. The fraction of sp³-hybridized carbons (Fsp3) is 0.385.